The van der Waals surface area contributed by atoms with Crippen molar-refractivity contribution in [2.24, 2.45) is 0 Å². The first-order chi connectivity index (χ1) is 32.5. The van der Waals surface area contributed by atoms with Crippen molar-refractivity contribution in [3.05, 3.63) is 85.1 Å². The molecule has 3 N–H and O–H groups in total. The van der Waals surface area contributed by atoms with E-state index < -0.39 is 18.2 Å². The van der Waals surface area contributed by atoms with Crippen molar-refractivity contribution in [1.29, 1.82) is 0 Å². The number of nitrogens with one attached hydrogen (secondary N) is 1. The van der Waals surface area contributed by atoms with Gasteiger partial charge in [-0.1, -0.05) is 254 Å². The highest BCUT2D eigenvalue weighted by molar-refractivity contribution is 5.77. The van der Waals surface area contributed by atoms with Gasteiger partial charge in [-0.3, -0.25) is 9.59 Å². The highest BCUT2D eigenvalue weighted by atomic mass is 16.5. The predicted molar refractivity (Wildman–Crippen MR) is 287 cm³/mol. The number of carbonyl (C=O) groups is 2. The Kier molecular flexibility index (Phi) is 50.6. The number of unbranched alkanes of at least 4 members (excludes halogenated alkanes) is 27. The van der Waals surface area contributed by atoms with Gasteiger partial charge in [-0.2, -0.15) is 0 Å². The minimum Gasteiger partial charge on any atom is -0.462 e. The largest absolute Gasteiger partial charge is 0.462 e. The zero-order valence-corrected chi connectivity index (χ0v) is 43.3. The van der Waals surface area contributed by atoms with Crippen LogP contribution in [0.3, 0.4) is 0 Å². The lowest BCUT2D eigenvalue weighted by Gasteiger charge is -2.24. The second-order valence-corrected chi connectivity index (χ2v) is 18.7. The molecule has 0 bridgehead atoms. The third-order valence-electron chi connectivity index (χ3n) is 12.3. The van der Waals surface area contributed by atoms with Gasteiger partial charge >= 0.3 is 5.97 Å². The number of aliphatic hydroxyl groups is 2. The lowest BCUT2D eigenvalue weighted by atomic mass is 10.0. The van der Waals surface area contributed by atoms with Crippen molar-refractivity contribution >= 4 is 11.9 Å². The molecule has 0 aromatic rings. The molecule has 0 fully saturated rings. The van der Waals surface area contributed by atoms with Crippen molar-refractivity contribution in [2.45, 2.75) is 277 Å². The zero-order valence-electron chi connectivity index (χ0n) is 43.3. The molecule has 0 aliphatic rings. The Labute approximate surface area is 408 Å². The van der Waals surface area contributed by atoms with E-state index in [2.05, 4.69) is 74.7 Å². The van der Waals surface area contributed by atoms with Crippen LogP contribution in [0.4, 0.5) is 0 Å². The Hall–Kier alpha value is -2.96. The zero-order chi connectivity index (χ0) is 48.1. The fraction of sp³-hybridized carbons (Fsp3) is 0.733. The van der Waals surface area contributed by atoms with Gasteiger partial charge in [-0.15, -0.1) is 0 Å². The Morgan fingerprint density at radius 2 is 0.879 bits per heavy atom. The van der Waals surface area contributed by atoms with Gasteiger partial charge in [0.1, 0.15) is 6.10 Å². The Bertz CT molecular complexity index is 1260. The number of hydrogen-bond acceptors (Lipinski definition) is 5. The second-order valence-electron chi connectivity index (χ2n) is 18.7. The van der Waals surface area contributed by atoms with Crippen LogP contribution in [0.25, 0.3) is 0 Å². The number of ether oxygens (including phenoxy) is 1. The van der Waals surface area contributed by atoms with Crippen LogP contribution in [0.5, 0.6) is 0 Å². The molecule has 0 aromatic heterocycles. The van der Waals surface area contributed by atoms with E-state index in [0.717, 1.165) is 83.5 Å². The number of amides is 1. The van der Waals surface area contributed by atoms with Crippen LogP contribution < -0.4 is 5.32 Å². The van der Waals surface area contributed by atoms with Gasteiger partial charge in [-0.05, 0) is 77.0 Å². The molecule has 0 spiro atoms. The number of aliphatic hydroxyl groups excluding tert-OH is 2. The van der Waals surface area contributed by atoms with E-state index in [1.54, 1.807) is 0 Å². The molecular weight excluding hydrogens is 815 g/mol. The summed E-state index contributed by atoms with van der Waals surface area (Å²) in [5.74, 6) is -0.530. The molecule has 0 aromatic carbocycles. The lowest BCUT2D eigenvalue weighted by Crippen LogP contribution is -2.46. The van der Waals surface area contributed by atoms with E-state index in [-0.39, 0.29) is 24.9 Å². The maximum Gasteiger partial charge on any atom is 0.306 e. The van der Waals surface area contributed by atoms with Crippen LogP contribution in [-0.4, -0.2) is 46.9 Å². The number of allylic oxidation sites excluding steroid dienone is 14. The molecule has 0 rings (SSSR count). The van der Waals surface area contributed by atoms with Crippen molar-refractivity contribution in [3.8, 4) is 0 Å². The molecule has 0 saturated carbocycles. The average molecular weight is 921 g/mol. The van der Waals surface area contributed by atoms with Crippen LogP contribution in [0.1, 0.15) is 258 Å². The molecule has 380 valence electrons. The van der Waals surface area contributed by atoms with Crippen molar-refractivity contribution < 1.29 is 24.5 Å². The number of rotatable bonds is 49. The number of esters is 1. The predicted octanol–water partition coefficient (Wildman–Crippen LogP) is 17.1. The fourth-order valence-electron chi connectivity index (χ4n) is 8.13. The second kappa shape index (κ2) is 53.0. The SMILES string of the molecule is CC/C=C/C=C/C=C\C=C/C=C/CCCCCC(=O)OC(CCCCCCCCC/C=C\C/C=C\CCCCC)CC(=O)NC(CO)C(O)CCCCCCCCCCCCCCCCC. The van der Waals surface area contributed by atoms with Crippen molar-refractivity contribution in [2.75, 3.05) is 6.61 Å². The van der Waals surface area contributed by atoms with E-state index in [9.17, 15) is 19.8 Å². The van der Waals surface area contributed by atoms with E-state index in [0.29, 0.717) is 19.3 Å². The summed E-state index contributed by atoms with van der Waals surface area (Å²) in [5.41, 5.74) is 0. The van der Waals surface area contributed by atoms with E-state index >= 15 is 0 Å². The molecule has 0 radical (unpaired) electrons. The standard InChI is InChI=1S/C60H105NO5/c1-4-7-10-13-16-19-22-25-28-29-32-33-36-39-42-45-48-51-56(66-60(65)53-50-47-44-41-38-35-31-27-24-21-18-15-12-9-6-3)54-59(64)61-57(55-62)58(63)52-49-46-43-40-37-34-30-26-23-20-17-14-11-8-5-2/h9,12,15-16,18-19,21,24-25,27-28,31,35,38,56-58,62-63H,4-8,10-11,13-14,17,20,22-23,26,29-30,32-34,36-37,39-55H2,1-3H3,(H,61,64)/b12-9+,18-15+,19-16-,24-21-,28-25-,31-27-,38-35+. The smallest absolute Gasteiger partial charge is 0.306 e. The fourth-order valence-corrected chi connectivity index (χ4v) is 8.13. The molecule has 66 heavy (non-hydrogen) atoms. The van der Waals surface area contributed by atoms with Crippen LogP contribution in [0, 0.1) is 0 Å². The van der Waals surface area contributed by atoms with Crippen LogP contribution in [0.2, 0.25) is 0 Å². The third-order valence-corrected chi connectivity index (χ3v) is 12.3. The Morgan fingerprint density at radius 3 is 1.39 bits per heavy atom. The van der Waals surface area contributed by atoms with E-state index in [4.69, 9.17) is 4.74 Å². The van der Waals surface area contributed by atoms with Gasteiger partial charge in [0.25, 0.3) is 0 Å². The molecule has 1 amide bonds. The molecule has 3 unspecified atom stereocenters. The molecule has 0 saturated heterocycles. The molecule has 0 aliphatic carbocycles. The lowest BCUT2D eigenvalue weighted by molar-refractivity contribution is -0.151. The third kappa shape index (κ3) is 47.5. The summed E-state index contributed by atoms with van der Waals surface area (Å²) in [4.78, 5) is 26.2. The number of hydrogen-bond donors (Lipinski definition) is 3. The summed E-state index contributed by atoms with van der Waals surface area (Å²) >= 11 is 0. The van der Waals surface area contributed by atoms with Gasteiger partial charge in [-0.25, -0.2) is 0 Å². The van der Waals surface area contributed by atoms with Crippen LogP contribution in [-0.2, 0) is 14.3 Å². The maximum absolute atomic E-state index is 13.3. The van der Waals surface area contributed by atoms with E-state index in [1.165, 1.54) is 128 Å². The van der Waals surface area contributed by atoms with Crippen molar-refractivity contribution in [3.63, 3.8) is 0 Å². The molecule has 0 aliphatic heterocycles. The van der Waals surface area contributed by atoms with Gasteiger partial charge in [0.05, 0.1) is 25.2 Å². The van der Waals surface area contributed by atoms with Crippen molar-refractivity contribution in [1.82, 2.24) is 5.32 Å². The highest BCUT2D eigenvalue weighted by Gasteiger charge is 2.24. The minimum atomic E-state index is -0.802. The Morgan fingerprint density at radius 1 is 0.470 bits per heavy atom. The highest BCUT2D eigenvalue weighted by Crippen LogP contribution is 2.18. The van der Waals surface area contributed by atoms with Crippen LogP contribution >= 0.6 is 0 Å². The summed E-state index contributed by atoms with van der Waals surface area (Å²) < 4.78 is 5.93. The van der Waals surface area contributed by atoms with Crippen LogP contribution in [0.15, 0.2) is 85.1 Å². The van der Waals surface area contributed by atoms with Gasteiger partial charge in [0.2, 0.25) is 5.91 Å². The summed E-state index contributed by atoms with van der Waals surface area (Å²) in [6.45, 7) is 6.32. The van der Waals surface area contributed by atoms with Gasteiger partial charge < -0.3 is 20.3 Å². The molecular formula is C60H105NO5. The molecule has 6 heteroatoms. The summed E-state index contributed by atoms with van der Waals surface area (Å²) in [7, 11) is 0. The maximum atomic E-state index is 13.3. The molecule has 0 heterocycles. The Balaban J connectivity index is 4.66. The number of carbonyl (C=O) groups excluding carboxylic acids is 2. The first-order valence-electron chi connectivity index (χ1n) is 27.9. The monoisotopic (exact) mass is 920 g/mol. The normalized spacial score (nSPS) is 13.8. The summed E-state index contributed by atoms with van der Waals surface area (Å²) in [5, 5.41) is 23.9. The topological polar surface area (TPSA) is 95.9 Å². The molecule has 6 nitrogen and oxygen atoms in total. The molecule has 3 atom stereocenters. The van der Waals surface area contributed by atoms with Gasteiger partial charge in [0, 0.05) is 6.42 Å². The summed E-state index contributed by atoms with van der Waals surface area (Å²) in [6.07, 6.45) is 69.2. The first kappa shape index (κ1) is 63.0. The average Bonchev–Trinajstić information content (AvgIpc) is 3.31. The minimum absolute atomic E-state index is 0.0514. The first-order valence-corrected chi connectivity index (χ1v) is 27.9. The summed E-state index contributed by atoms with van der Waals surface area (Å²) in [6, 6.07) is -0.718. The van der Waals surface area contributed by atoms with Gasteiger partial charge in [0.15, 0.2) is 0 Å². The van der Waals surface area contributed by atoms with E-state index in [1.807, 2.05) is 36.5 Å². The quantitative estimate of drug-likeness (QED) is 0.0245.